The van der Waals surface area contributed by atoms with Gasteiger partial charge in [-0.05, 0) is 43.7 Å². The molecule has 2 heterocycles. The first kappa shape index (κ1) is 18.7. The third kappa shape index (κ3) is 4.02. The van der Waals surface area contributed by atoms with Crippen LogP contribution in [0, 0.1) is 6.92 Å². The molecule has 27 heavy (non-hydrogen) atoms. The van der Waals surface area contributed by atoms with Gasteiger partial charge in [-0.3, -0.25) is 14.4 Å². The van der Waals surface area contributed by atoms with Crippen LogP contribution in [0.2, 0.25) is 0 Å². The van der Waals surface area contributed by atoms with Gasteiger partial charge >= 0.3 is 11.8 Å². The quantitative estimate of drug-likeness (QED) is 0.775. The molecule has 1 aliphatic rings. The zero-order valence-electron chi connectivity index (χ0n) is 15.6. The number of benzene rings is 1. The van der Waals surface area contributed by atoms with Crippen molar-refractivity contribution in [2.24, 2.45) is 0 Å². The van der Waals surface area contributed by atoms with Crippen LogP contribution in [-0.2, 0) is 9.59 Å². The molecule has 2 aromatic rings. The van der Waals surface area contributed by atoms with E-state index in [2.05, 4.69) is 0 Å². The second-order valence-electron chi connectivity index (χ2n) is 6.45. The molecule has 1 saturated heterocycles. The number of anilines is 1. The molecular formula is C20H23N3O4. The molecule has 1 aliphatic heterocycles. The number of hydrogen-bond acceptors (Lipinski definition) is 4. The highest BCUT2D eigenvalue weighted by atomic mass is 16.3. The summed E-state index contributed by atoms with van der Waals surface area (Å²) >= 11 is 0. The number of rotatable bonds is 3. The molecule has 0 bridgehead atoms. The first-order chi connectivity index (χ1) is 13.0. The summed E-state index contributed by atoms with van der Waals surface area (Å²) in [5.74, 6) is -1.01. The van der Waals surface area contributed by atoms with Gasteiger partial charge in [-0.15, -0.1) is 0 Å². The SMILES string of the molecule is CCN(C(=O)C(=O)N1CCN(C(=O)c2ccco2)CC1)c1cccc(C)c1. The standard InChI is InChI=1S/C20H23N3O4/c1-3-23(16-7-4-6-15(2)14-16)20(26)19(25)22-11-9-21(10-12-22)18(24)17-8-5-13-27-17/h4-8,13-14H,3,9-12H2,1-2H3. The Bertz CT molecular complexity index is 824. The lowest BCUT2D eigenvalue weighted by molar-refractivity contribution is -0.145. The number of piperazine rings is 1. The van der Waals surface area contributed by atoms with Crippen LogP contribution < -0.4 is 4.90 Å². The summed E-state index contributed by atoms with van der Waals surface area (Å²) in [6.07, 6.45) is 1.45. The van der Waals surface area contributed by atoms with E-state index >= 15 is 0 Å². The van der Waals surface area contributed by atoms with Crippen molar-refractivity contribution in [2.45, 2.75) is 13.8 Å². The van der Waals surface area contributed by atoms with Crippen molar-refractivity contribution < 1.29 is 18.8 Å². The minimum Gasteiger partial charge on any atom is -0.459 e. The summed E-state index contributed by atoms with van der Waals surface area (Å²) in [5.41, 5.74) is 1.73. The Labute approximate surface area is 158 Å². The van der Waals surface area contributed by atoms with Crippen LogP contribution in [0.25, 0.3) is 0 Å². The second-order valence-corrected chi connectivity index (χ2v) is 6.45. The lowest BCUT2D eigenvalue weighted by Gasteiger charge is -2.34. The maximum absolute atomic E-state index is 12.7. The summed E-state index contributed by atoms with van der Waals surface area (Å²) in [6.45, 7) is 5.58. The Balaban J connectivity index is 1.62. The summed E-state index contributed by atoms with van der Waals surface area (Å²) in [7, 11) is 0. The molecule has 142 valence electrons. The molecule has 0 atom stereocenters. The normalized spacial score (nSPS) is 14.1. The summed E-state index contributed by atoms with van der Waals surface area (Å²) in [4.78, 5) is 42.3. The fraction of sp³-hybridized carbons (Fsp3) is 0.350. The first-order valence-corrected chi connectivity index (χ1v) is 9.01. The number of furan rings is 1. The highest BCUT2D eigenvalue weighted by Crippen LogP contribution is 2.17. The fourth-order valence-electron chi connectivity index (χ4n) is 3.16. The van der Waals surface area contributed by atoms with Gasteiger partial charge in [0.25, 0.3) is 5.91 Å². The number of hydrogen-bond donors (Lipinski definition) is 0. The Morgan fingerprint density at radius 2 is 1.74 bits per heavy atom. The predicted molar refractivity (Wildman–Crippen MR) is 100 cm³/mol. The molecule has 3 amide bonds. The lowest BCUT2D eigenvalue weighted by atomic mass is 10.2. The van der Waals surface area contributed by atoms with E-state index in [-0.39, 0.29) is 11.7 Å². The van der Waals surface area contributed by atoms with Gasteiger partial charge in [-0.25, -0.2) is 0 Å². The van der Waals surface area contributed by atoms with Gasteiger partial charge < -0.3 is 19.1 Å². The van der Waals surface area contributed by atoms with Crippen LogP contribution in [0.1, 0.15) is 23.0 Å². The summed E-state index contributed by atoms with van der Waals surface area (Å²) < 4.78 is 5.13. The van der Waals surface area contributed by atoms with Crippen molar-refractivity contribution in [1.29, 1.82) is 0 Å². The summed E-state index contributed by atoms with van der Waals surface area (Å²) in [5, 5.41) is 0. The predicted octanol–water partition coefficient (Wildman–Crippen LogP) is 1.93. The minimum absolute atomic E-state index is 0.201. The van der Waals surface area contributed by atoms with Crippen molar-refractivity contribution in [2.75, 3.05) is 37.6 Å². The van der Waals surface area contributed by atoms with Crippen LogP contribution in [0.15, 0.2) is 47.1 Å². The average molecular weight is 369 g/mol. The summed E-state index contributed by atoms with van der Waals surface area (Å²) in [6, 6.07) is 10.8. The van der Waals surface area contributed by atoms with E-state index in [9.17, 15) is 14.4 Å². The van der Waals surface area contributed by atoms with E-state index in [0.717, 1.165) is 5.56 Å². The molecule has 0 aliphatic carbocycles. The van der Waals surface area contributed by atoms with Crippen LogP contribution in [0.4, 0.5) is 5.69 Å². The van der Waals surface area contributed by atoms with Gasteiger partial charge in [-0.1, -0.05) is 12.1 Å². The zero-order chi connectivity index (χ0) is 19.4. The van der Waals surface area contributed by atoms with E-state index in [4.69, 9.17) is 4.42 Å². The van der Waals surface area contributed by atoms with Crippen LogP contribution >= 0.6 is 0 Å². The van der Waals surface area contributed by atoms with Gasteiger partial charge in [0, 0.05) is 38.4 Å². The number of aryl methyl sites for hydroxylation is 1. The number of nitrogens with zero attached hydrogens (tertiary/aromatic N) is 3. The number of carbonyl (C=O) groups excluding carboxylic acids is 3. The van der Waals surface area contributed by atoms with Crippen molar-refractivity contribution in [3.63, 3.8) is 0 Å². The Morgan fingerprint density at radius 1 is 1.04 bits per heavy atom. The number of amides is 3. The van der Waals surface area contributed by atoms with Gasteiger partial charge in [0.15, 0.2) is 5.76 Å². The fourth-order valence-corrected chi connectivity index (χ4v) is 3.16. The minimum atomic E-state index is -0.547. The molecule has 1 aromatic carbocycles. The molecule has 7 nitrogen and oxygen atoms in total. The highest BCUT2D eigenvalue weighted by Gasteiger charge is 2.31. The monoisotopic (exact) mass is 369 g/mol. The Morgan fingerprint density at radius 3 is 2.33 bits per heavy atom. The largest absolute Gasteiger partial charge is 0.459 e. The Kier molecular flexibility index (Phi) is 5.59. The van der Waals surface area contributed by atoms with Crippen molar-refractivity contribution >= 4 is 23.4 Å². The van der Waals surface area contributed by atoms with Crippen molar-refractivity contribution in [1.82, 2.24) is 9.80 Å². The van der Waals surface area contributed by atoms with Crippen LogP contribution in [0.5, 0.6) is 0 Å². The number of likely N-dealkylation sites (N-methyl/N-ethyl adjacent to an activating group) is 1. The third-order valence-electron chi connectivity index (χ3n) is 4.64. The zero-order valence-corrected chi connectivity index (χ0v) is 15.6. The van der Waals surface area contributed by atoms with E-state index in [1.54, 1.807) is 17.0 Å². The van der Waals surface area contributed by atoms with Crippen LogP contribution in [0.3, 0.4) is 0 Å². The molecule has 0 saturated carbocycles. The molecule has 0 radical (unpaired) electrons. The Hall–Kier alpha value is -3.09. The number of carbonyl (C=O) groups is 3. The third-order valence-corrected chi connectivity index (χ3v) is 4.64. The van der Waals surface area contributed by atoms with Crippen LogP contribution in [-0.4, -0.2) is 60.2 Å². The second kappa shape index (κ2) is 8.07. The smallest absolute Gasteiger partial charge is 0.316 e. The van der Waals surface area contributed by atoms with Gasteiger partial charge in [0.05, 0.1) is 6.26 Å². The molecule has 0 spiro atoms. The van der Waals surface area contributed by atoms with Crippen molar-refractivity contribution in [3.8, 4) is 0 Å². The van der Waals surface area contributed by atoms with E-state index < -0.39 is 11.8 Å². The molecule has 0 N–H and O–H groups in total. The van der Waals surface area contributed by atoms with Gasteiger partial charge in [-0.2, -0.15) is 0 Å². The maximum atomic E-state index is 12.7. The maximum Gasteiger partial charge on any atom is 0.316 e. The lowest BCUT2D eigenvalue weighted by Crippen LogP contribution is -2.54. The molecule has 7 heteroatoms. The topological polar surface area (TPSA) is 74.1 Å². The van der Waals surface area contributed by atoms with E-state index in [1.165, 1.54) is 16.1 Å². The van der Waals surface area contributed by atoms with Crippen molar-refractivity contribution in [3.05, 3.63) is 54.0 Å². The molecule has 1 fully saturated rings. The first-order valence-electron chi connectivity index (χ1n) is 9.01. The van der Waals surface area contributed by atoms with E-state index in [0.29, 0.717) is 38.4 Å². The average Bonchev–Trinajstić information content (AvgIpc) is 3.22. The highest BCUT2D eigenvalue weighted by molar-refractivity contribution is 6.40. The van der Waals surface area contributed by atoms with Gasteiger partial charge in [0.2, 0.25) is 0 Å². The van der Waals surface area contributed by atoms with Gasteiger partial charge in [0.1, 0.15) is 0 Å². The molecular weight excluding hydrogens is 346 g/mol. The van der Waals surface area contributed by atoms with E-state index in [1.807, 2.05) is 38.1 Å². The molecule has 1 aromatic heterocycles. The molecule has 3 rings (SSSR count). The molecule has 0 unspecified atom stereocenters.